The highest BCUT2D eigenvalue weighted by molar-refractivity contribution is 4.70. The smallest absolute Gasteiger partial charge is 0.0641 e. The van der Waals surface area contributed by atoms with Crippen LogP contribution in [0.4, 0.5) is 0 Å². The van der Waals surface area contributed by atoms with Gasteiger partial charge in [0.1, 0.15) is 0 Å². The van der Waals surface area contributed by atoms with Gasteiger partial charge >= 0.3 is 0 Å². The van der Waals surface area contributed by atoms with Crippen LogP contribution < -0.4 is 5.73 Å². The Hall–Kier alpha value is -0.120. The molecule has 0 aromatic carbocycles. The molecule has 3 nitrogen and oxygen atoms in total. The second-order valence-corrected chi connectivity index (χ2v) is 4.59. The molecule has 0 spiro atoms. The Morgan fingerprint density at radius 1 is 1.31 bits per heavy atom. The van der Waals surface area contributed by atoms with Crippen LogP contribution in [0.15, 0.2) is 0 Å². The molecule has 0 radical (unpaired) electrons. The van der Waals surface area contributed by atoms with Crippen molar-refractivity contribution in [1.82, 2.24) is 4.90 Å². The third-order valence-corrected chi connectivity index (χ3v) is 2.22. The van der Waals surface area contributed by atoms with Crippen molar-refractivity contribution >= 4 is 0 Å². The standard InChI is InChI=1S/C10H22N2O/c1-10(2,11)9-13-8-7-12-5-3-4-6-12/h3-9,11H2,1-2H3. The van der Waals surface area contributed by atoms with E-state index in [0.29, 0.717) is 6.61 Å². The maximum atomic E-state index is 5.79. The molecular weight excluding hydrogens is 164 g/mol. The van der Waals surface area contributed by atoms with Gasteiger partial charge in [-0.05, 0) is 39.8 Å². The van der Waals surface area contributed by atoms with Crippen LogP contribution in [0.2, 0.25) is 0 Å². The Bertz CT molecular complexity index is 136. The van der Waals surface area contributed by atoms with Crippen LogP contribution in [0.5, 0.6) is 0 Å². The van der Waals surface area contributed by atoms with Crippen molar-refractivity contribution in [2.24, 2.45) is 5.73 Å². The minimum atomic E-state index is -0.189. The summed E-state index contributed by atoms with van der Waals surface area (Å²) < 4.78 is 5.49. The van der Waals surface area contributed by atoms with Gasteiger partial charge in [-0.25, -0.2) is 0 Å². The lowest BCUT2D eigenvalue weighted by atomic mass is 10.1. The van der Waals surface area contributed by atoms with Crippen molar-refractivity contribution < 1.29 is 4.74 Å². The molecule has 3 heteroatoms. The van der Waals surface area contributed by atoms with E-state index in [2.05, 4.69) is 4.90 Å². The first-order chi connectivity index (χ1) is 6.08. The molecule has 1 fully saturated rings. The fourth-order valence-corrected chi connectivity index (χ4v) is 1.54. The van der Waals surface area contributed by atoms with Crippen LogP contribution in [0, 0.1) is 0 Å². The van der Waals surface area contributed by atoms with Crippen molar-refractivity contribution in [2.45, 2.75) is 32.2 Å². The average molecular weight is 186 g/mol. The topological polar surface area (TPSA) is 38.5 Å². The molecule has 2 N–H and O–H groups in total. The fourth-order valence-electron chi connectivity index (χ4n) is 1.54. The van der Waals surface area contributed by atoms with Crippen LogP contribution in [-0.4, -0.2) is 43.3 Å². The Kier molecular flexibility index (Phi) is 4.16. The molecule has 0 atom stereocenters. The quantitative estimate of drug-likeness (QED) is 0.647. The van der Waals surface area contributed by atoms with Gasteiger partial charge in [-0.2, -0.15) is 0 Å². The van der Waals surface area contributed by atoms with Crippen molar-refractivity contribution in [3.8, 4) is 0 Å². The predicted molar refractivity (Wildman–Crippen MR) is 54.8 cm³/mol. The maximum Gasteiger partial charge on any atom is 0.0641 e. The van der Waals surface area contributed by atoms with E-state index < -0.39 is 0 Å². The van der Waals surface area contributed by atoms with E-state index in [9.17, 15) is 0 Å². The molecule has 0 aromatic rings. The summed E-state index contributed by atoms with van der Waals surface area (Å²) in [6.07, 6.45) is 2.70. The van der Waals surface area contributed by atoms with Crippen molar-refractivity contribution in [3.05, 3.63) is 0 Å². The fraction of sp³-hybridized carbons (Fsp3) is 1.00. The van der Waals surface area contributed by atoms with Crippen molar-refractivity contribution in [3.63, 3.8) is 0 Å². The third-order valence-electron chi connectivity index (χ3n) is 2.22. The van der Waals surface area contributed by atoms with Gasteiger partial charge in [0, 0.05) is 12.1 Å². The van der Waals surface area contributed by atoms with Crippen LogP contribution in [-0.2, 0) is 4.74 Å². The van der Waals surface area contributed by atoms with Crippen LogP contribution >= 0.6 is 0 Å². The minimum absolute atomic E-state index is 0.189. The molecule has 0 saturated carbocycles. The van der Waals surface area contributed by atoms with Gasteiger partial charge in [-0.3, -0.25) is 0 Å². The molecule has 0 unspecified atom stereocenters. The summed E-state index contributed by atoms with van der Waals surface area (Å²) in [5.41, 5.74) is 5.60. The number of rotatable bonds is 5. The Morgan fingerprint density at radius 2 is 1.92 bits per heavy atom. The van der Waals surface area contributed by atoms with E-state index in [-0.39, 0.29) is 5.54 Å². The highest BCUT2D eigenvalue weighted by atomic mass is 16.5. The number of likely N-dealkylation sites (tertiary alicyclic amines) is 1. The Morgan fingerprint density at radius 3 is 2.46 bits per heavy atom. The molecular formula is C10H22N2O. The Balaban J connectivity index is 1.94. The minimum Gasteiger partial charge on any atom is -0.378 e. The van der Waals surface area contributed by atoms with E-state index in [0.717, 1.165) is 13.2 Å². The highest BCUT2D eigenvalue weighted by Crippen LogP contribution is 2.06. The first kappa shape index (κ1) is 11.0. The molecule has 78 valence electrons. The van der Waals surface area contributed by atoms with E-state index in [1.165, 1.54) is 25.9 Å². The largest absolute Gasteiger partial charge is 0.378 e. The summed E-state index contributed by atoms with van der Waals surface area (Å²) in [6, 6.07) is 0. The second kappa shape index (κ2) is 4.94. The summed E-state index contributed by atoms with van der Waals surface area (Å²) in [6.45, 7) is 9.01. The lowest BCUT2D eigenvalue weighted by molar-refractivity contribution is 0.0809. The summed E-state index contributed by atoms with van der Waals surface area (Å²) in [7, 11) is 0. The molecule has 1 aliphatic heterocycles. The van der Waals surface area contributed by atoms with E-state index in [4.69, 9.17) is 10.5 Å². The van der Waals surface area contributed by atoms with Gasteiger partial charge in [-0.1, -0.05) is 0 Å². The molecule has 0 bridgehead atoms. The number of hydrogen-bond acceptors (Lipinski definition) is 3. The summed E-state index contributed by atoms with van der Waals surface area (Å²) in [5, 5.41) is 0. The molecule has 0 aromatic heterocycles. The van der Waals surface area contributed by atoms with Gasteiger partial charge in [0.05, 0.1) is 13.2 Å². The van der Waals surface area contributed by atoms with Gasteiger partial charge in [0.15, 0.2) is 0 Å². The number of ether oxygens (including phenoxy) is 1. The molecule has 1 heterocycles. The van der Waals surface area contributed by atoms with Crippen LogP contribution in [0.25, 0.3) is 0 Å². The lowest BCUT2D eigenvalue weighted by Gasteiger charge is -2.20. The van der Waals surface area contributed by atoms with Gasteiger partial charge in [-0.15, -0.1) is 0 Å². The molecule has 1 rings (SSSR count). The number of nitrogens with zero attached hydrogens (tertiary/aromatic N) is 1. The van der Waals surface area contributed by atoms with Gasteiger partial charge in [0.25, 0.3) is 0 Å². The van der Waals surface area contributed by atoms with E-state index in [1.54, 1.807) is 0 Å². The molecule has 1 aliphatic rings. The predicted octanol–water partition coefficient (Wildman–Crippen LogP) is 0.836. The van der Waals surface area contributed by atoms with Crippen molar-refractivity contribution in [2.75, 3.05) is 32.8 Å². The monoisotopic (exact) mass is 186 g/mol. The summed E-state index contributed by atoms with van der Waals surface area (Å²) >= 11 is 0. The SMILES string of the molecule is CC(C)(N)COCCN1CCCC1. The zero-order valence-electron chi connectivity index (χ0n) is 8.88. The van der Waals surface area contributed by atoms with Gasteiger partial charge in [0.2, 0.25) is 0 Å². The van der Waals surface area contributed by atoms with Crippen LogP contribution in [0.1, 0.15) is 26.7 Å². The second-order valence-electron chi connectivity index (χ2n) is 4.59. The molecule has 0 aliphatic carbocycles. The zero-order valence-corrected chi connectivity index (χ0v) is 8.88. The lowest BCUT2D eigenvalue weighted by Crippen LogP contribution is -2.38. The summed E-state index contributed by atoms with van der Waals surface area (Å²) in [5.74, 6) is 0. The zero-order chi connectivity index (χ0) is 9.73. The highest BCUT2D eigenvalue weighted by Gasteiger charge is 2.13. The molecule has 13 heavy (non-hydrogen) atoms. The first-order valence-electron chi connectivity index (χ1n) is 5.17. The van der Waals surface area contributed by atoms with Crippen LogP contribution in [0.3, 0.4) is 0 Å². The number of nitrogens with two attached hydrogens (primary N) is 1. The Labute approximate surface area is 81.2 Å². The first-order valence-corrected chi connectivity index (χ1v) is 5.17. The molecule has 1 saturated heterocycles. The molecule has 0 amide bonds. The number of hydrogen-bond donors (Lipinski definition) is 1. The third kappa shape index (κ3) is 5.24. The van der Waals surface area contributed by atoms with E-state index >= 15 is 0 Å². The normalized spacial score (nSPS) is 19.6. The van der Waals surface area contributed by atoms with Gasteiger partial charge < -0.3 is 15.4 Å². The van der Waals surface area contributed by atoms with E-state index in [1.807, 2.05) is 13.8 Å². The van der Waals surface area contributed by atoms with Crippen molar-refractivity contribution in [1.29, 1.82) is 0 Å². The summed E-state index contributed by atoms with van der Waals surface area (Å²) in [4.78, 5) is 2.45. The average Bonchev–Trinajstić information content (AvgIpc) is 2.48. The maximum absolute atomic E-state index is 5.79.